The van der Waals surface area contributed by atoms with Crippen LogP contribution >= 0.6 is 0 Å². The standard InChI is InChI=1S/C18H24N2O2/c1-13-7-8-16(10-14(13)2)15(3)19-18(21)12-20(4)11-17-6-5-9-22-17/h5-10,15H,11-12H2,1-4H3,(H,19,21)/t15-/m0/s1. The number of nitrogens with one attached hydrogen (secondary N) is 1. The van der Waals surface area contributed by atoms with Crippen molar-refractivity contribution in [2.24, 2.45) is 0 Å². The molecular formula is C18H24N2O2. The van der Waals surface area contributed by atoms with E-state index < -0.39 is 0 Å². The van der Waals surface area contributed by atoms with Gasteiger partial charge in [-0.2, -0.15) is 0 Å². The first kappa shape index (κ1) is 16.3. The van der Waals surface area contributed by atoms with E-state index in [0.717, 1.165) is 11.3 Å². The Morgan fingerprint density at radius 2 is 2.05 bits per heavy atom. The lowest BCUT2D eigenvalue weighted by atomic mass is 10.0. The number of furan rings is 1. The molecule has 0 aliphatic heterocycles. The fraction of sp³-hybridized carbons (Fsp3) is 0.389. The highest BCUT2D eigenvalue weighted by atomic mass is 16.3. The summed E-state index contributed by atoms with van der Waals surface area (Å²) in [5, 5.41) is 3.04. The third-order valence-corrected chi connectivity index (χ3v) is 3.83. The highest BCUT2D eigenvalue weighted by molar-refractivity contribution is 5.78. The fourth-order valence-electron chi connectivity index (χ4n) is 2.37. The minimum absolute atomic E-state index is 0.00353. The van der Waals surface area contributed by atoms with Gasteiger partial charge in [-0.1, -0.05) is 18.2 Å². The third-order valence-electron chi connectivity index (χ3n) is 3.83. The highest BCUT2D eigenvalue weighted by Gasteiger charge is 2.13. The Hall–Kier alpha value is -2.07. The molecule has 2 aromatic rings. The van der Waals surface area contributed by atoms with E-state index in [9.17, 15) is 4.79 Å². The molecule has 0 bridgehead atoms. The average Bonchev–Trinajstić information content (AvgIpc) is 2.94. The molecule has 0 spiro atoms. The first-order valence-corrected chi connectivity index (χ1v) is 7.53. The molecule has 0 aliphatic rings. The Balaban J connectivity index is 1.86. The van der Waals surface area contributed by atoms with Gasteiger partial charge in [0.25, 0.3) is 0 Å². The Morgan fingerprint density at radius 3 is 2.68 bits per heavy atom. The average molecular weight is 300 g/mol. The summed E-state index contributed by atoms with van der Waals surface area (Å²) in [5.74, 6) is 0.872. The number of aryl methyl sites for hydroxylation is 2. The molecule has 0 saturated heterocycles. The van der Waals surface area contributed by atoms with Crippen molar-refractivity contribution in [2.75, 3.05) is 13.6 Å². The van der Waals surface area contributed by atoms with Crippen molar-refractivity contribution in [3.8, 4) is 0 Å². The van der Waals surface area contributed by atoms with Crippen molar-refractivity contribution in [1.82, 2.24) is 10.2 Å². The molecule has 0 fully saturated rings. The van der Waals surface area contributed by atoms with Crippen LogP contribution in [0.3, 0.4) is 0 Å². The maximum Gasteiger partial charge on any atom is 0.234 e. The van der Waals surface area contributed by atoms with Crippen LogP contribution in [0.2, 0.25) is 0 Å². The normalized spacial score (nSPS) is 12.4. The molecule has 1 N–H and O–H groups in total. The largest absolute Gasteiger partial charge is 0.468 e. The second-order valence-corrected chi connectivity index (χ2v) is 5.88. The lowest BCUT2D eigenvalue weighted by Gasteiger charge is -2.19. The summed E-state index contributed by atoms with van der Waals surface area (Å²) in [7, 11) is 1.91. The predicted octanol–water partition coefficient (Wildman–Crippen LogP) is 3.21. The molecule has 0 unspecified atom stereocenters. The highest BCUT2D eigenvalue weighted by Crippen LogP contribution is 2.16. The summed E-state index contributed by atoms with van der Waals surface area (Å²) in [6.45, 7) is 7.15. The molecule has 0 radical (unpaired) electrons. The number of hydrogen-bond donors (Lipinski definition) is 1. The van der Waals surface area contributed by atoms with Gasteiger partial charge in [-0.05, 0) is 56.6 Å². The van der Waals surface area contributed by atoms with E-state index in [0.29, 0.717) is 13.1 Å². The zero-order valence-electron chi connectivity index (χ0n) is 13.7. The summed E-state index contributed by atoms with van der Waals surface area (Å²) >= 11 is 0. The molecule has 2 rings (SSSR count). The van der Waals surface area contributed by atoms with Gasteiger partial charge in [-0.15, -0.1) is 0 Å². The van der Waals surface area contributed by atoms with E-state index in [1.807, 2.05) is 31.0 Å². The minimum Gasteiger partial charge on any atom is -0.468 e. The summed E-state index contributed by atoms with van der Waals surface area (Å²) in [6, 6.07) is 10.1. The van der Waals surface area contributed by atoms with Crippen LogP contribution in [0.15, 0.2) is 41.0 Å². The predicted molar refractivity (Wildman–Crippen MR) is 87.5 cm³/mol. The van der Waals surface area contributed by atoms with Gasteiger partial charge in [0.05, 0.1) is 25.4 Å². The van der Waals surface area contributed by atoms with Crippen LogP contribution in [0.1, 0.15) is 35.4 Å². The Bertz CT molecular complexity index is 620. The lowest BCUT2D eigenvalue weighted by Crippen LogP contribution is -2.36. The van der Waals surface area contributed by atoms with Crippen LogP contribution in [-0.4, -0.2) is 24.4 Å². The maximum absolute atomic E-state index is 12.1. The first-order valence-electron chi connectivity index (χ1n) is 7.53. The quantitative estimate of drug-likeness (QED) is 0.891. The van der Waals surface area contributed by atoms with E-state index >= 15 is 0 Å². The van der Waals surface area contributed by atoms with Gasteiger partial charge in [-0.3, -0.25) is 9.69 Å². The molecule has 1 aromatic carbocycles. The van der Waals surface area contributed by atoms with Gasteiger partial charge in [0, 0.05) is 0 Å². The third kappa shape index (κ3) is 4.46. The molecule has 4 nitrogen and oxygen atoms in total. The van der Waals surface area contributed by atoms with Crippen molar-refractivity contribution in [3.63, 3.8) is 0 Å². The van der Waals surface area contributed by atoms with E-state index in [1.165, 1.54) is 11.1 Å². The maximum atomic E-state index is 12.1. The van der Waals surface area contributed by atoms with Gasteiger partial charge in [0.15, 0.2) is 0 Å². The summed E-state index contributed by atoms with van der Waals surface area (Å²) in [5.41, 5.74) is 3.64. The van der Waals surface area contributed by atoms with Gasteiger partial charge in [0.1, 0.15) is 5.76 Å². The van der Waals surface area contributed by atoms with Crippen molar-refractivity contribution in [3.05, 3.63) is 59.0 Å². The van der Waals surface area contributed by atoms with E-state index in [4.69, 9.17) is 4.42 Å². The van der Waals surface area contributed by atoms with Gasteiger partial charge in [0.2, 0.25) is 5.91 Å². The number of rotatable bonds is 6. The van der Waals surface area contributed by atoms with Crippen LogP contribution in [0.5, 0.6) is 0 Å². The van der Waals surface area contributed by atoms with Crippen LogP contribution in [-0.2, 0) is 11.3 Å². The molecular weight excluding hydrogens is 276 g/mol. The van der Waals surface area contributed by atoms with Crippen molar-refractivity contribution in [2.45, 2.75) is 33.4 Å². The zero-order valence-corrected chi connectivity index (χ0v) is 13.7. The molecule has 1 heterocycles. The number of nitrogens with zero attached hydrogens (tertiary/aromatic N) is 1. The summed E-state index contributed by atoms with van der Waals surface area (Å²) in [4.78, 5) is 14.1. The van der Waals surface area contributed by atoms with Gasteiger partial charge >= 0.3 is 0 Å². The number of amides is 1. The lowest BCUT2D eigenvalue weighted by molar-refractivity contribution is -0.122. The number of likely N-dealkylation sites (N-methyl/N-ethyl adjacent to an activating group) is 1. The molecule has 22 heavy (non-hydrogen) atoms. The second-order valence-electron chi connectivity index (χ2n) is 5.88. The molecule has 4 heteroatoms. The molecule has 1 amide bonds. The Morgan fingerprint density at radius 1 is 1.27 bits per heavy atom. The summed E-state index contributed by atoms with van der Waals surface area (Å²) < 4.78 is 5.29. The number of benzene rings is 1. The Kier molecular flexibility index (Phi) is 5.39. The number of carbonyl (C=O) groups is 1. The van der Waals surface area contributed by atoms with Crippen molar-refractivity contribution in [1.29, 1.82) is 0 Å². The SMILES string of the molecule is Cc1ccc([C@H](C)NC(=O)CN(C)Cc2ccco2)cc1C. The molecule has 1 atom stereocenters. The first-order chi connectivity index (χ1) is 10.5. The topological polar surface area (TPSA) is 45.5 Å². The molecule has 0 saturated carbocycles. The summed E-state index contributed by atoms with van der Waals surface area (Å²) in [6.07, 6.45) is 1.64. The molecule has 0 aliphatic carbocycles. The van der Waals surface area contributed by atoms with Gasteiger partial charge in [-0.25, -0.2) is 0 Å². The monoisotopic (exact) mass is 300 g/mol. The smallest absolute Gasteiger partial charge is 0.234 e. The number of carbonyl (C=O) groups excluding carboxylic acids is 1. The van der Waals surface area contributed by atoms with Crippen molar-refractivity contribution >= 4 is 5.91 Å². The van der Waals surface area contributed by atoms with Crippen molar-refractivity contribution < 1.29 is 9.21 Å². The zero-order chi connectivity index (χ0) is 16.1. The van der Waals surface area contributed by atoms with Gasteiger partial charge < -0.3 is 9.73 Å². The van der Waals surface area contributed by atoms with E-state index in [2.05, 4.69) is 37.4 Å². The molecule has 118 valence electrons. The fourth-order valence-corrected chi connectivity index (χ4v) is 2.37. The van der Waals surface area contributed by atoms with E-state index in [1.54, 1.807) is 6.26 Å². The van der Waals surface area contributed by atoms with E-state index in [-0.39, 0.29) is 11.9 Å². The van der Waals surface area contributed by atoms with Crippen LogP contribution in [0, 0.1) is 13.8 Å². The second kappa shape index (κ2) is 7.27. The number of hydrogen-bond acceptors (Lipinski definition) is 3. The van der Waals surface area contributed by atoms with Crippen LogP contribution in [0.25, 0.3) is 0 Å². The van der Waals surface area contributed by atoms with Crippen LogP contribution in [0.4, 0.5) is 0 Å². The van der Waals surface area contributed by atoms with Crippen LogP contribution < -0.4 is 5.32 Å². The minimum atomic E-state index is 0.00353. The molecule has 1 aromatic heterocycles. The Labute approximate surface area is 132 Å².